The van der Waals surface area contributed by atoms with Gasteiger partial charge in [0.25, 0.3) is 0 Å². The maximum absolute atomic E-state index is 10.1. The molecule has 0 aliphatic rings. The first-order valence-corrected chi connectivity index (χ1v) is 3.63. The molecule has 1 aromatic carbocycles. The summed E-state index contributed by atoms with van der Waals surface area (Å²) in [6, 6.07) is 8.09. The Labute approximate surface area is 79.3 Å². The molecule has 0 spiro atoms. The van der Waals surface area contributed by atoms with E-state index >= 15 is 0 Å². The second-order valence-corrected chi connectivity index (χ2v) is 2.32. The summed E-state index contributed by atoms with van der Waals surface area (Å²) in [6.45, 7) is 0. The highest BCUT2D eigenvalue weighted by atomic mass is 17.0. The molecule has 0 aliphatic carbocycles. The minimum Gasteiger partial charge on any atom is -0.368 e. The lowest BCUT2D eigenvalue weighted by molar-refractivity contribution is -0.758. The molecule has 0 aromatic heterocycles. The molecule has 0 atom stereocenters. The van der Waals surface area contributed by atoms with E-state index in [0.717, 1.165) is 0 Å². The number of hydroxylamine groups is 1. The van der Waals surface area contributed by atoms with Crippen LogP contribution in [0.15, 0.2) is 30.3 Å². The van der Waals surface area contributed by atoms with Crippen LogP contribution in [0.5, 0.6) is 0 Å². The third kappa shape index (κ3) is 2.34. The lowest BCUT2D eigenvalue weighted by Crippen LogP contribution is -2.38. The molecule has 0 radical (unpaired) electrons. The van der Waals surface area contributed by atoms with Crippen LogP contribution in [-0.2, 0) is 4.94 Å². The van der Waals surface area contributed by atoms with Crippen molar-refractivity contribution in [3.63, 3.8) is 0 Å². The molecule has 0 amide bonds. The molecule has 7 heteroatoms. The van der Waals surface area contributed by atoms with Crippen LogP contribution in [0.3, 0.4) is 0 Å². The van der Waals surface area contributed by atoms with Crippen molar-refractivity contribution in [3.8, 4) is 0 Å². The highest BCUT2D eigenvalue weighted by Gasteiger charge is 2.13. The van der Waals surface area contributed by atoms with Crippen molar-refractivity contribution in [3.05, 3.63) is 40.4 Å². The predicted molar refractivity (Wildman–Crippen MR) is 48.9 cm³/mol. The number of nitrogens with one attached hydrogen (secondary N) is 1. The smallest absolute Gasteiger partial charge is 0.317 e. The van der Waals surface area contributed by atoms with Gasteiger partial charge in [0.05, 0.1) is 5.69 Å². The Morgan fingerprint density at radius 2 is 2.07 bits per heavy atom. The van der Waals surface area contributed by atoms with Crippen molar-refractivity contribution >= 4 is 11.6 Å². The summed E-state index contributed by atoms with van der Waals surface area (Å²) in [5.41, 5.74) is 5.41. The van der Waals surface area contributed by atoms with E-state index in [9.17, 15) is 10.1 Å². The standard InChI is InChI=1S/C7H8N4O3/c8-7(9)10(14-11(12)13)6-4-2-1-3-5-6/h1-5H,(H3,8,9). The zero-order chi connectivity index (χ0) is 10.6. The Morgan fingerprint density at radius 3 is 2.50 bits per heavy atom. The highest BCUT2D eigenvalue weighted by Crippen LogP contribution is 2.12. The largest absolute Gasteiger partial charge is 0.368 e. The van der Waals surface area contributed by atoms with Crippen LogP contribution in [0.2, 0.25) is 0 Å². The zero-order valence-electron chi connectivity index (χ0n) is 7.08. The van der Waals surface area contributed by atoms with E-state index < -0.39 is 11.0 Å². The van der Waals surface area contributed by atoms with E-state index in [4.69, 9.17) is 11.1 Å². The first-order valence-electron chi connectivity index (χ1n) is 3.63. The molecule has 0 unspecified atom stereocenters. The highest BCUT2D eigenvalue weighted by molar-refractivity contribution is 5.90. The second-order valence-electron chi connectivity index (χ2n) is 2.32. The first-order chi connectivity index (χ1) is 6.61. The van der Waals surface area contributed by atoms with E-state index in [1.54, 1.807) is 18.2 Å². The first kappa shape index (κ1) is 9.78. The van der Waals surface area contributed by atoms with Gasteiger partial charge in [0.2, 0.25) is 5.96 Å². The Morgan fingerprint density at radius 1 is 1.50 bits per heavy atom. The summed E-state index contributed by atoms with van der Waals surface area (Å²) in [6.07, 6.45) is 0. The van der Waals surface area contributed by atoms with E-state index in [1.165, 1.54) is 12.1 Å². The molecule has 7 nitrogen and oxygen atoms in total. The summed E-state index contributed by atoms with van der Waals surface area (Å²) in [4.78, 5) is 14.2. The van der Waals surface area contributed by atoms with Gasteiger partial charge in [-0.05, 0) is 12.1 Å². The average molecular weight is 196 g/mol. The van der Waals surface area contributed by atoms with Crippen LogP contribution < -0.4 is 10.8 Å². The van der Waals surface area contributed by atoms with Gasteiger partial charge < -0.3 is 5.73 Å². The Balaban J connectivity index is 2.89. The molecule has 3 N–H and O–H groups in total. The molecule has 74 valence electrons. The molecule has 0 bridgehead atoms. The summed E-state index contributed by atoms with van der Waals surface area (Å²) >= 11 is 0. The van der Waals surface area contributed by atoms with Crippen molar-refractivity contribution in [1.29, 1.82) is 5.41 Å². The number of anilines is 1. The Kier molecular flexibility index (Phi) is 2.85. The van der Waals surface area contributed by atoms with Crippen molar-refractivity contribution in [2.75, 3.05) is 5.06 Å². The third-order valence-electron chi connectivity index (χ3n) is 1.36. The van der Waals surface area contributed by atoms with Crippen molar-refractivity contribution in [1.82, 2.24) is 0 Å². The SMILES string of the molecule is N=C(N)N(O[N+](=O)[O-])c1ccccc1. The molecule has 0 fully saturated rings. The van der Waals surface area contributed by atoms with Gasteiger partial charge >= 0.3 is 5.09 Å². The molecule has 0 saturated heterocycles. The van der Waals surface area contributed by atoms with Gasteiger partial charge in [-0.15, -0.1) is 15.2 Å². The lowest BCUT2D eigenvalue weighted by atomic mass is 10.3. The molecular formula is C7H8N4O3. The second kappa shape index (κ2) is 4.08. The Hall–Kier alpha value is -2.31. The molecule has 14 heavy (non-hydrogen) atoms. The van der Waals surface area contributed by atoms with E-state index in [-0.39, 0.29) is 0 Å². The normalized spacial score (nSPS) is 9.14. The van der Waals surface area contributed by atoms with Crippen LogP contribution in [0.4, 0.5) is 5.69 Å². The van der Waals surface area contributed by atoms with E-state index in [2.05, 4.69) is 4.94 Å². The number of nitrogens with zero attached hydrogens (tertiary/aromatic N) is 2. The van der Waals surface area contributed by atoms with E-state index in [1.807, 2.05) is 0 Å². The van der Waals surface area contributed by atoms with Crippen LogP contribution in [-0.4, -0.2) is 11.0 Å². The molecule has 0 saturated carbocycles. The number of guanidine groups is 1. The summed E-state index contributed by atoms with van der Waals surface area (Å²) in [5.74, 6) is -0.562. The third-order valence-corrected chi connectivity index (χ3v) is 1.36. The zero-order valence-corrected chi connectivity index (χ0v) is 7.08. The quantitative estimate of drug-likeness (QED) is 0.317. The predicted octanol–water partition coefficient (Wildman–Crippen LogP) is 0.510. The van der Waals surface area contributed by atoms with Crippen molar-refractivity contribution in [2.24, 2.45) is 5.73 Å². The van der Waals surface area contributed by atoms with Crippen LogP contribution >= 0.6 is 0 Å². The summed E-state index contributed by atoms with van der Waals surface area (Å²) < 4.78 is 0. The molecular weight excluding hydrogens is 188 g/mol. The minimum absolute atomic E-state index is 0.316. The van der Waals surface area contributed by atoms with Crippen LogP contribution in [0.1, 0.15) is 0 Å². The number of hydrogen-bond acceptors (Lipinski definition) is 4. The Bertz CT molecular complexity index is 340. The van der Waals surface area contributed by atoms with Gasteiger partial charge in [0, 0.05) is 0 Å². The monoisotopic (exact) mass is 196 g/mol. The topological polar surface area (TPSA) is 105 Å². The fourth-order valence-electron chi connectivity index (χ4n) is 0.860. The lowest BCUT2D eigenvalue weighted by Gasteiger charge is -2.17. The minimum atomic E-state index is -1.03. The average Bonchev–Trinajstić information content (AvgIpc) is 2.15. The van der Waals surface area contributed by atoms with Gasteiger partial charge in [-0.2, -0.15) is 4.94 Å². The fourth-order valence-corrected chi connectivity index (χ4v) is 0.860. The van der Waals surface area contributed by atoms with Gasteiger partial charge in [0.1, 0.15) is 0 Å². The van der Waals surface area contributed by atoms with Crippen LogP contribution in [0.25, 0.3) is 0 Å². The van der Waals surface area contributed by atoms with Crippen LogP contribution in [0, 0.1) is 15.5 Å². The van der Waals surface area contributed by atoms with Gasteiger partial charge in [0.15, 0.2) is 0 Å². The molecule has 1 rings (SSSR count). The number of hydrogen-bond donors (Lipinski definition) is 2. The summed E-state index contributed by atoms with van der Waals surface area (Å²) in [7, 11) is 0. The summed E-state index contributed by atoms with van der Waals surface area (Å²) in [5, 5.41) is 16.7. The van der Waals surface area contributed by atoms with Gasteiger partial charge in [-0.3, -0.25) is 5.41 Å². The number of nitrogens with two attached hydrogens (primary N) is 1. The van der Waals surface area contributed by atoms with Crippen molar-refractivity contribution < 1.29 is 10.0 Å². The van der Waals surface area contributed by atoms with Gasteiger partial charge in [-0.25, -0.2) is 0 Å². The van der Waals surface area contributed by atoms with Crippen molar-refractivity contribution in [2.45, 2.75) is 0 Å². The van der Waals surface area contributed by atoms with Gasteiger partial charge in [-0.1, -0.05) is 18.2 Å². The molecule has 0 heterocycles. The maximum Gasteiger partial charge on any atom is 0.317 e. The van der Waals surface area contributed by atoms with E-state index in [0.29, 0.717) is 10.8 Å². The molecule has 1 aromatic rings. The number of para-hydroxylation sites is 1. The number of benzene rings is 1. The molecule has 0 aliphatic heterocycles. The fraction of sp³-hybridized carbons (Fsp3) is 0. The maximum atomic E-state index is 10.1. The number of rotatable bonds is 3.